The van der Waals surface area contributed by atoms with Gasteiger partial charge in [0.1, 0.15) is 18.1 Å². The molecule has 1 spiro atoms. The molecule has 2 atom stereocenters. The van der Waals surface area contributed by atoms with Gasteiger partial charge < -0.3 is 24.6 Å². The number of carbonyl (C=O) groups excluding carboxylic acids is 3. The minimum Gasteiger partial charge on any atom is -0.492 e. The number of nitrogens with zero attached hydrogens (tertiary/aromatic N) is 2. The van der Waals surface area contributed by atoms with Gasteiger partial charge in [0.05, 0.1) is 13.2 Å². The van der Waals surface area contributed by atoms with E-state index in [4.69, 9.17) is 4.74 Å². The molecule has 2 aromatic carbocycles. The van der Waals surface area contributed by atoms with E-state index in [2.05, 4.69) is 40.5 Å². The van der Waals surface area contributed by atoms with E-state index in [0.29, 0.717) is 31.1 Å². The van der Waals surface area contributed by atoms with E-state index in [1.807, 2.05) is 6.07 Å². The number of aldehydes is 1. The Labute approximate surface area is 224 Å². The zero-order valence-electron chi connectivity index (χ0n) is 22.2. The summed E-state index contributed by atoms with van der Waals surface area (Å²) in [7, 11) is 1.56. The number of likely N-dealkylation sites (tertiary alicyclic amines) is 1. The lowest BCUT2D eigenvalue weighted by Gasteiger charge is -2.40. The number of carbonyl (C=O) groups is 3. The summed E-state index contributed by atoms with van der Waals surface area (Å²) >= 11 is 0. The first kappa shape index (κ1) is 25.1. The molecule has 2 amide bonds. The molecule has 6 rings (SSSR count). The Kier molecular flexibility index (Phi) is 6.72. The molecule has 1 aliphatic carbocycles. The van der Waals surface area contributed by atoms with Crippen LogP contribution in [0.1, 0.15) is 77.1 Å². The number of piperidine rings is 1. The van der Waals surface area contributed by atoms with E-state index >= 15 is 0 Å². The minimum atomic E-state index is -0.663. The molecule has 1 fully saturated rings. The molecule has 0 saturated carbocycles. The van der Waals surface area contributed by atoms with Crippen LogP contribution in [-0.4, -0.2) is 67.2 Å². The van der Waals surface area contributed by atoms with Crippen molar-refractivity contribution in [2.45, 2.75) is 68.9 Å². The smallest absolute Gasteiger partial charge is 0.255 e. The lowest BCUT2D eigenvalue weighted by molar-refractivity contribution is -0.125. The number of hydrogen-bond donors (Lipinski definition) is 1. The summed E-state index contributed by atoms with van der Waals surface area (Å²) < 4.78 is 6.36. The van der Waals surface area contributed by atoms with Crippen LogP contribution < -0.4 is 10.1 Å². The van der Waals surface area contributed by atoms with E-state index in [1.165, 1.54) is 30.4 Å². The van der Waals surface area contributed by atoms with Gasteiger partial charge in [0.15, 0.2) is 0 Å². The van der Waals surface area contributed by atoms with Crippen LogP contribution in [0.25, 0.3) is 0 Å². The Morgan fingerprint density at radius 1 is 1.21 bits per heavy atom. The average Bonchev–Trinajstić information content (AvgIpc) is 3.48. The molecule has 2 aromatic rings. The number of hydrogen-bond acceptors (Lipinski definition) is 5. The van der Waals surface area contributed by atoms with Crippen molar-refractivity contribution < 1.29 is 19.1 Å². The molecule has 0 bridgehead atoms. The van der Waals surface area contributed by atoms with Crippen molar-refractivity contribution in [2.24, 2.45) is 0 Å². The van der Waals surface area contributed by atoms with Gasteiger partial charge >= 0.3 is 0 Å². The zero-order chi connectivity index (χ0) is 26.3. The number of benzene rings is 2. The van der Waals surface area contributed by atoms with Gasteiger partial charge in [0.2, 0.25) is 5.91 Å². The van der Waals surface area contributed by atoms with E-state index in [1.54, 1.807) is 17.5 Å². The second kappa shape index (κ2) is 10.2. The quantitative estimate of drug-likeness (QED) is 0.571. The minimum absolute atomic E-state index is 0.0144. The first-order valence-electron chi connectivity index (χ1n) is 14.1. The van der Waals surface area contributed by atoms with Crippen LogP contribution in [0.4, 0.5) is 0 Å². The van der Waals surface area contributed by atoms with Crippen LogP contribution in [0.3, 0.4) is 0 Å². The highest BCUT2D eigenvalue weighted by molar-refractivity contribution is 6.02. The van der Waals surface area contributed by atoms with Gasteiger partial charge in [0.25, 0.3) is 5.91 Å². The maximum Gasteiger partial charge on any atom is 0.255 e. The fourth-order valence-corrected chi connectivity index (χ4v) is 7.26. The summed E-state index contributed by atoms with van der Waals surface area (Å²) in [6.45, 7) is 4.22. The Morgan fingerprint density at radius 3 is 2.82 bits per heavy atom. The molecular formula is C31H37N3O4. The molecule has 7 heteroatoms. The second-order valence-electron chi connectivity index (χ2n) is 11.4. The van der Waals surface area contributed by atoms with E-state index in [-0.39, 0.29) is 23.7 Å². The Hall–Kier alpha value is -3.19. The summed E-state index contributed by atoms with van der Waals surface area (Å²) in [6.07, 6.45) is 7.19. The third-order valence-corrected chi connectivity index (χ3v) is 9.41. The highest BCUT2D eigenvalue weighted by Gasteiger charge is 2.47. The van der Waals surface area contributed by atoms with Crippen LogP contribution in [0.15, 0.2) is 36.4 Å². The van der Waals surface area contributed by atoms with Crippen LogP contribution >= 0.6 is 0 Å². The number of ether oxygens (including phenoxy) is 1. The summed E-state index contributed by atoms with van der Waals surface area (Å²) in [5.41, 5.74) is 5.79. The lowest BCUT2D eigenvalue weighted by atomic mass is 9.73. The van der Waals surface area contributed by atoms with Gasteiger partial charge in [-0.2, -0.15) is 0 Å². The van der Waals surface area contributed by atoms with Crippen molar-refractivity contribution in [3.63, 3.8) is 0 Å². The third-order valence-electron chi connectivity index (χ3n) is 9.41. The summed E-state index contributed by atoms with van der Waals surface area (Å²) in [5.74, 6) is 1.07. The molecule has 3 aliphatic heterocycles. The van der Waals surface area contributed by atoms with Crippen molar-refractivity contribution in [2.75, 3.05) is 33.3 Å². The molecule has 200 valence electrons. The largest absolute Gasteiger partial charge is 0.492 e. The molecule has 3 heterocycles. The monoisotopic (exact) mass is 515 g/mol. The van der Waals surface area contributed by atoms with Gasteiger partial charge in [-0.15, -0.1) is 0 Å². The number of aryl methyl sites for hydroxylation is 1. The number of amides is 2. The molecule has 2 unspecified atom stereocenters. The number of fused-ring (bicyclic) bond motifs is 5. The van der Waals surface area contributed by atoms with Gasteiger partial charge in [-0.05, 0) is 74.7 Å². The highest BCUT2D eigenvalue weighted by Crippen LogP contribution is 2.49. The van der Waals surface area contributed by atoms with Crippen molar-refractivity contribution >= 4 is 18.1 Å². The van der Waals surface area contributed by atoms with Gasteiger partial charge in [-0.25, -0.2) is 0 Å². The third kappa shape index (κ3) is 4.21. The summed E-state index contributed by atoms with van der Waals surface area (Å²) in [4.78, 5) is 41.1. The standard InChI is InChI=1S/C31H37N3O4/c1-32-29(36)27(10-5-17-35)34-19-25-24(30(34)37)11-12-26-28(25)38-20-31(26)13-15-33(16-14-31)18-22-8-4-7-21-6-2-3-9-23(21)22/h2-3,6,9,11-12,17,22,27H,4-5,7-8,10,13-16,18-20H2,1H3,(H,32,36). The summed E-state index contributed by atoms with van der Waals surface area (Å²) in [5, 5.41) is 2.65. The van der Waals surface area contributed by atoms with Crippen molar-refractivity contribution in [3.05, 3.63) is 64.2 Å². The first-order chi connectivity index (χ1) is 18.5. The van der Waals surface area contributed by atoms with E-state index < -0.39 is 6.04 Å². The Balaban J connectivity index is 1.17. The maximum absolute atomic E-state index is 13.3. The summed E-state index contributed by atoms with van der Waals surface area (Å²) in [6, 6.07) is 12.3. The normalized spacial score (nSPS) is 22.4. The van der Waals surface area contributed by atoms with Gasteiger partial charge in [-0.1, -0.05) is 30.3 Å². The van der Waals surface area contributed by atoms with Crippen LogP contribution in [-0.2, 0) is 28.0 Å². The molecule has 4 aliphatic rings. The fraction of sp³-hybridized carbons (Fsp3) is 0.516. The molecule has 1 saturated heterocycles. The van der Waals surface area contributed by atoms with Crippen LogP contribution in [0.5, 0.6) is 5.75 Å². The van der Waals surface area contributed by atoms with E-state index in [9.17, 15) is 14.4 Å². The second-order valence-corrected chi connectivity index (χ2v) is 11.4. The highest BCUT2D eigenvalue weighted by atomic mass is 16.5. The molecule has 0 radical (unpaired) electrons. The first-order valence-corrected chi connectivity index (χ1v) is 14.1. The molecule has 38 heavy (non-hydrogen) atoms. The molecular weight excluding hydrogens is 478 g/mol. The SMILES string of the molecule is CNC(=O)C(CCC=O)N1Cc2c(ccc3c2OCC32CCN(CC3CCCc4ccccc43)CC2)C1=O. The topological polar surface area (TPSA) is 79.0 Å². The zero-order valence-corrected chi connectivity index (χ0v) is 22.2. The van der Waals surface area contributed by atoms with E-state index in [0.717, 1.165) is 50.1 Å². The Bertz CT molecular complexity index is 1250. The van der Waals surface area contributed by atoms with Crippen LogP contribution in [0, 0.1) is 0 Å². The number of rotatable bonds is 7. The van der Waals surface area contributed by atoms with Crippen molar-refractivity contribution in [1.29, 1.82) is 0 Å². The van der Waals surface area contributed by atoms with Crippen molar-refractivity contribution in [1.82, 2.24) is 15.1 Å². The molecule has 7 nitrogen and oxygen atoms in total. The predicted octanol–water partition coefficient (Wildman–Crippen LogP) is 3.58. The van der Waals surface area contributed by atoms with Gasteiger partial charge in [0, 0.05) is 42.1 Å². The van der Waals surface area contributed by atoms with Crippen molar-refractivity contribution in [3.8, 4) is 5.75 Å². The van der Waals surface area contributed by atoms with Gasteiger partial charge in [-0.3, -0.25) is 9.59 Å². The molecule has 0 aromatic heterocycles. The fourth-order valence-electron chi connectivity index (χ4n) is 7.26. The lowest BCUT2D eigenvalue weighted by Crippen LogP contribution is -2.46. The Morgan fingerprint density at radius 2 is 2.03 bits per heavy atom. The maximum atomic E-state index is 13.3. The molecule has 1 N–H and O–H groups in total. The predicted molar refractivity (Wildman–Crippen MR) is 144 cm³/mol. The number of likely N-dealkylation sites (N-methyl/N-ethyl adjacent to an activating group) is 1. The number of nitrogens with one attached hydrogen (secondary N) is 1. The van der Waals surface area contributed by atoms with Crippen LogP contribution in [0.2, 0.25) is 0 Å². The average molecular weight is 516 g/mol.